The van der Waals surface area contributed by atoms with Crippen LogP contribution in [0, 0.1) is 6.92 Å². The maximum absolute atomic E-state index is 13.0. The van der Waals surface area contributed by atoms with Crippen molar-refractivity contribution in [2.45, 2.75) is 6.92 Å². The summed E-state index contributed by atoms with van der Waals surface area (Å²) >= 11 is 6.21. The summed E-state index contributed by atoms with van der Waals surface area (Å²) in [6.45, 7) is 1.87. The van der Waals surface area contributed by atoms with Gasteiger partial charge >= 0.3 is 5.97 Å². The predicted molar refractivity (Wildman–Crippen MR) is 143 cm³/mol. The highest BCUT2D eigenvalue weighted by atomic mass is 35.5. The van der Waals surface area contributed by atoms with E-state index in [1.54, 1.807) is 54.6 Å². The molecule has 7 heteroatoms. The number of nitrogens with zero attached hydrogens (tertiary/aromatic N) is 1. The van der Waals surface area contributed by atoms with Crippen LogP contribution in [0.4, 0.5) is 11.4 Å². The minimum absolute atomic E-state index is 0.0259. The lowest BCUT2D eigenvalue weighted by Gasteiger charge is -2.15. The summed E-state index contributed by atoms with van der Waals surface area (Å²) in [5, 5.41) is 2.71. The molecule has 2 amide bonds. The van der Waals surface area contributed by atoms with Crippen LogP contribution >= 0.6 is 11.6 Å². The van der Waals surface area contributed by atoms with Crippen LogP contribution in [0.25, 0.3) is 11.1 Å². The first kappa shape index (κ1) is 24.0. The van der Waals surface area contributed by atoms with Crippen LogP contribution in [0.2, 0.25) is 0 Å². The third-order valence-corrected chi connectivity index (χ3v) is 6.20. The smallest absolute Gasteiger partial charge is 0.343 e. The van der Waals surface area contributed by atoms with Gasteiger partial charge in [-0.25, -0.2) is 9.69 Å². The number of carbonyl (C=O) groups is 3. The summed E-state index contributed by atoms with van der Waals surface area (Å²) in [6, 6.07) is 30.6. The molecule has 0 atom stereocenters. The normalized spacial score (nSPS) is 13.2. The Morgan fingerprint density at radius 2 is 1.46 bits per heavy atom. The van der Waals surface area contributed by atoms with Gasteiger partial charge in [0, 0.05) is 5.69 Å². The van der Waals surface area contributed by atoms with Crippen LogP contribution in [0.1, 0.15) is 15.9 Å². The highest BCUT2D eigenvalue weighted by Crippen LogP contribution is 2.30. The zero-order valence-electron chi connectivity index (χ0n) is 19.8. The van der Waals surface area contributed by atoms with Gasteiger partial charge in [-0.05, 0) is 72.1 Å². The molecule has 1 N–H and O–H groups in total. The Hall–Kier alpha value is -4.68. The molecule has 0 unspecified atom stereocenters. The monoisotopic (exact) mass is 508 g/mol. The van der Waals surface area contributed by atoms with Gasteiger partial charge in [0.25, 0.3) is 11.8 Å². The summed E-state index contributed by atoms with van der Waals surface area (Å²) in [4.78, 5) is 39.3. The number of amides is 2. The van der Waals surface area contributed by atoms with Gasteiger partial charge in [-0.1, -0.05) is 66.2 Å². The number of benzene rings is 4. The average molecular weight is 509 g/mol. The van der Waals surface area contributed by atoms with E-state index in [9.17, 15) is 14.4 Å². The van der Waals surface area contributed by atoms with Gasteiger partial charge in [-0.15, -0.1) is 0 Å². The molecule has 1 heterocycles. The Bertz CT molecular complexity index is 1530. The van der Waals surface area contributed by atoms with E-state index < -0.39 is 17.8 Å². The van der Waals surface area contributed by atoms with Gasteiger partial charge in [0.1, 0.15) is 16.5 Å². The third kappa shape index (κ3) is 5.01. The van der Waals surface area contributed by atoms with Crippen LogP contribution in [0.5, 0.6) is 5.75 Å². The Morgan fingerprint density at radius 3 is 2.14 bits per heavy atom. The van der Waals surface area contributed by atoms with Crippen molar-refractivity contribution >= 4 is 40.8 Å². The van der Waals surface area contributed by atoms with Gasteiger partial charge in [-0.2, -0.15) is 0 Å². The highest BCUT2D eigenvalue weighted by molar-refractivity contribution is 6.53. The summed E-state index contributed by atoms with van der Waals surface area (Å²) < 4.78 is 5.49. The van der Waals surface area contributed by atoms with E-state index in [1.807, 2.05) is 55.5 Å². The summed E-state index contributed by atoms with van der Waals surface area (Å²) in [5.74, 6) is -1.24. The summed E-state index contributed by atoms with van der Waals surface area (Å²) in [5.41, 5.74) is 4.23. The van der Waals surface area contributed by atoms with E-state index in [-0.39, 0.29) is 10.7 Å². The molecule has 0 aliphatic carbocycles. The first-order valence-corrected chi connectivity index (χ1v) is 11.9. The average Bonchev–Trinajstić information content (AvgIpc) is 3.13. The number of hydrogen-bond donors (Lipinski definition) is 1. The Labute approximate surface area is 218 Å². The largest absolute Gasteiger partial charge is 0.423 e. The van der Waals surface area contributed by atoms with E-state index in [1.165, 1.54) is 0 Å². The molecule has 0 spiro atoms. The van der Waals surface area contributed by atoms with Crippen molar-refractivity contribution in [2.24, 2.45) is 0 Å². The van der Waals surface area contributed by atoms with Gasteiger partial charge in [0.05, 0.1) is 11.3 Å². The number of hydrogen-bond acceptors (Lipinski definition) is 5. The number of ether oxygens (including phenoxy) is 1. The Morgan fingerprint density at radius 1 is 0.784 bits per heavy atom. The third-order valence-electron chi connectivity index (χ3n) is 5.85. The number of aryl methyl sites for hydroxylation is 1. The maximum atomic E-state index is 13.0. The lowest BCUT2D eigenvalue weighted by Crippen LogP contribution is -2.32. The summed E-state index contributed by atoms with van der Waals surface area (Å²) in [6.07, 6.45) is 0. The number of anilines is 2. The van der Waals surface area contributed by atoms with Crippen LogP contribution < -0.4 is 15.0 Å². The van der Waals surface area contributed by atoms with Gasteiger partial charge < -0.3 is 10.1 Å². The lowest BCUT2D eigenvalue weighted by atomic mass is 10.1. The minimum Gasteiger partial charge on any atom is -0.423 e. The molecule has 0 radical (unpaired) electrons. The first-order chi connectivity index (χ1) is 17.9. The van der Waals surface area contributed by atoms with Crippen molar-refractivity contribution in [3.63, 3.8) is 0 Å². The van der Waals surface area contributed by atoms with Crippen LogP contribution in [-0.4, -0.2) is 17.8 Å². The number of imide groups is 1. The van der Waals surface area contributed by atoms with Crippen molar-refractivity contribution in [1.29, 1.82) is 0 Å². The van der Waals surface area contributed by atoms with Crippen LogP contribution in [-0.2, 0) is 9.59 Å². The van der Waals surface area contributed by atoms with Crippen molar-refractivity contribution in [3.05, 3.63) is 125 Å². The van der Waals surface area contributed by atoms with Gasteiger partial charge in [-0.3, -0.25) is 9.59 Å². The van der Waals surface area contributed by atoms with Crippen molar-refractivity contribution in [3.8, 4) is 16.9 Å². The topological polar surface area (TPSA) is 75.7 Å². The Kier molecular flexibility index (Phi) is 6.58. The predicted octanol–water partition coefficient (Wildman–Crippen LogP) is 6.32. The molecule has 182 valence electrons. The van der Waals surface area contributed by atoms with Crippen molar-refractivity contribution < 1.29 is 19.1 Å². The van der Waals surface area contributed by atoms with Gasteiger partial charge in [0.15, 0.2) is 0 Å². The molecular formula is C30H21ClN2O4. The second-order valence-corrected chi connectivity index (χ2v) is 8.83. The number of carbonyl (C=O) groups excluding carboxylic acids is 3. The number of rotatable bonds is 6. The summed E-state index contributed by atoms with van der Waals surface area (Å²) in [7, 11) is 0. The second kappa shape index (κ2) is 10.1. The maximum Gasteiger partial charge on any atom is 0.343 e. The number of halogens is 1. The molecule has 4 aromatic carbocycles. The molecule has 1 aliphatic rings. The molecule has 0 saturated heterocycles. The zero-order valence-corrected chi connectivity index (χ0v) is 20.5. The standard InChI is InChI=1S/C30H21ClN2O4/c1-19-6-5-9-24(18-19)33-28(34)26(31)27(29(33)35)32-23-14-10-22(11-15-23)30(36)37-25-16-12-21(13-17-25)20-7-3-2-4-8-20/h2-18,32H,1H3. The first-order valence-electron chi connectivity index (χ1n) is 11.5. The molecule has 0 fully saturated rings. The van der Waals surface area contributed by atoms with Crippen LogP contribution in [0.15, 0.2) is 114 Å². The van der Waals surface area contributed by atoms with Gasteiger partial charge in [0.2, 0.25) is 0 Å². The number of esters is 1. The van der Waals surface area contributed by atoms with E-state index >= 15 is 0 Å². The molecule has 1 aliphatic heterocycles. The molecule has 0 bridgehead atoms. The fourth-order valence-electron chi connectivity index (χ4n) is 3.96. The van der Waals surface area contributed by atoms with Crippen molar-refractivity contribution in [2.75, 3.05) is 10.2 Å². The fraction of sp³-hybridized carbons (Fsp3) is 0.0333. The molecular weight excluding hydrogens is 488 g/mol. The molecule has 6 nitrogen and oxygen atoms in total. The highest BCUT2D eigenvalue weighted by Gasteiger charge is 2.39. The molecule has 0 aromatic heterocycles. The molecule has 4 aromatic rings. The van der Waals surface area contributed by atoms with E-state index in [0.717, 1.165) is 21.6 Å². The zero-order chi connectivity index (χ0) is 25.9. The van der Waals surface area contributed by atoms with Crippen LogP contribution in [0.3, 0.4) is 0 Å². The Balaban J connectivity index is 1.25. The van der Waals surface area contributed by atoms with E-state index in [2.05, 4.69) is 5.32 Å². The molecule has 0 saturated carbocycles. The molecule has 37 heavy (non-hydrogen) atoms. The molecule has 5 rings (SSSR count). The van der Waals surface area contributed by atoms with E-state index in [0.29, 0.717) is 22.7 Å². The minimum atomic E-state index is -0.599. The number of nitrogens with one attached hydrogen (secondary N) is 1. The second-order valence-electron chi connectivity index (χ2n) is 8.46. The van der Waals surface area contributed by atoms with Crippen molar-refractivity contribution in [1.82, 2.24) is 0 Å². The lowest BCUT2D eigenvalue weighted by molar-refractivity contribution is -0.120. The fourth-order valence-corrected chi connectivity index (χ4v) is 4.17. The SMILES string of the molecule is Cc1cccc(N2C(=O)C(Cl)=C(Nc3ccc(C(=O)Oc4ccc(-c5ccccc5)cc4)cc3)C2=O)c1. The van der Waals surface area contributed by atoms with E-state index in [4.69, 9.17) is 16.3 Å². The quantitative estimate of drug-likeness (QED) is 0.187.